The summed E-state index contributed by atoms with van der Waals surface area (Å²) in [5.41, 5.74) is 0. The van der Waals surface area contributed by atoms with Crippen molar-refractivity contribution in [3.05, 3.63) is 0 Å². The first kappa shape index (κ1) is 15.8. The lowest BCUT2D eigenvalue weighted by Gasteiger charge is -2.10. The maximum Gasteiger partial charge on any atom is 0.220 e. The summed E-state index contributed by atoms with van der Waals surface area (Å²) in [7, 11) is 0. The highest BCUT2D eigenvalue weighted by Gasteiger charge is 2.22. The number of amides is 1. The summed E-state index contributed by atoms with van der Waals surface area (Å²) in [5, 5.41) is 3.39. The van der Waals surface area contributed by atoms with E-state index in [1.54, 1.807) is 0 Å². The highest BCUT2D eigenvalue weighted by atomic mass is 35.5. The van der Waals surface area contributed by atoms with Gasteiger partial charge in [0.15, 0.2) is 0 Å². The molecule has 3 heteroatoms. The van der Waals surface area contributed by atoms with Gasteiger partial charge in [-0.3, -0.25) is 4.79 Å². The second kappa shape index (κ2) is 9.66. The van der Waals surface area contributed by atoms with Gasteiger partial charge in [0.05, 0.1) is 0 Å². The molecule has 0 spiro atoms. The topological polar surface area (TPSA) is 29.1 Å². The number of rotatable bonds is 9. The van der Waals surface area contributed by atoms with Gasteiger partial charge in [-0.05, 0) is 31.6 Å². The minimum Gasteiger partial charge on any atom is -0.356 e. The van der Waals surface area contributed by atoms with Crippen LogP contribution in [0.25, 0.3) is 0 Å². The molecule has 1 saturated carbocycles. The molecule has 1 fully saturated rings. The molecule has 1 rings (SSSR count). The molecule has 2 nitrogen and oxygen atoms in total. The van der Waals surface area contributed by atoms with E-state index in [4.69, 9.17) is 11.6 Å². The summed E-state index contributed by atoms with van der Waals surface area (Å²) in [6.45, 7) is 3.06. The van der Waals surface area contributed by atoms with Crippen LogP contribution in [-0.4, -0.2) is 17.8 Å². The van der Waals surface area contributed by atoms with Crippen molar-refractivity contribution in [3.63, 3.8) is 0 Å². The van der Waals surface area contributed by atoms with Crippen LogP contribution in [-0.2, 0) is 4.79 Å². The smallest absolute Gasteiger partial charge is 0.220 e. The van der Waals surface area contributed by atoms with Crippen LogP contribution in [0.15, 0.2) is 0 Å². The van der Waals surface area contributed by atoms with Crippen molar-refractivity contribution in [3.8, 4) is 0 Å². The summed E-state index contributed by atoms with van der Waals surface area (Å²) < 4.78 is 0. The second-order valence-corrected chi connectivity index (χ2v) is 6.22. The van der Waals surface area contributed by atoms with Gasteiger partial charge in [0.2, 0.25) is 5.91 Å². The number of alkyl halides is 1. The van der Waals surface area contributed by atoms with E-state index in [1.807, 2.05) is 0 Å². The van der Waals surface area contributed by atoms with Gasteiger partial charge in [-0.1, -0.05) is 39.0 Å². The van der Waals surface area contributed by atoms with Crippen molar-refractivity contribution in [1.82, 2.24) is 5.32 Å². The lowest BCUT2D eigenvalue weighted by Crippen LogP contribution is -2.28. The molecule has 1 aliphatic carbocycles. The van der Waals surface area contributed by atoms with Crippen molar-refractivity contribution in [2.45, 2.75) is 76.5 Å². The van der Waals surface area contributed by atoms with E-state index in [0.717, 1.165) is 25.8 Å². The summed E-state index contributed by atoms with van der Waals surface area (Å²) in [5.74, 6) is 0.838. The predicted octanol–water partition coefficient (Wildman–Crippen LogP) is 4.26. The van der Waals surface area contributed by atoms with Crippen molar-refractivity contribution in [2.75, 3.05) is 6.54 Å². The Morgan fingerprint density at radius 1 is 1.17 bits per heavy atom. The molecule has 1 aliphatic rings. The number of carbonyl (C=O) groups is 1. The Morgan fingerprint density at radius 2 is 1.89 bits per heavy atom. The lowest BCUT2D eigenvalue weighted by atomic mass is 10.1. The van der Waals surface area contributed by atoms with Crippen molar-refractivity contribution in [2.24, 2.45) is 5.92 Å². The minimum atomic E-state index is 0.225. The fraction of sp³-hybridized carbons (Fsp3) is 0.933. The molecule has 1 N–H and O–H groups in total. The fourth-order valence-corrected chi connectivity index (χ4v) is 2.99. The van der Waals surface area contributed by atoms with Gasteiger partial charge < -0.3 is 5.32 Å². The van der Waals surface area contributed by atoms with Crippen molar-refractivity contribution < 1.29 is 4.79 Å². The van der Waals surface area contributed by atoms with Crippen LogP contribution in [0.5, 0.6) is 0 Å². The molecule has 18 heavy (non-hydrogen) atoms. The van der Waals surface area contributed by atoms with E-state index < -0.39 is 0 Å². The zero-order valence-electron chi connectivity index (χ0n) is 11.7. The van der Waals surface area contributed by atoms with Gasteiger partial charge in [0.25, 0.3) is 0 Å². The molecule has 2 atom stereocenters. The third kappa shape index (κ3) is 7.25. The predicted molar refractivity (Wildman–Crippen MR) is 78.0 cm³/mol. The Kier molecular flexibility index (Phi) is 8.49. The number of nitrogens with one attached hydrogen (secondary N) is 1. The van der Waals surface area contributed by atoms with Gasteiger partial charge in [-0.2, -0.15) is 0 Å². The minimum absolute atomic E-state index is 0.225. The number of hydrogen-bond acceptors (Lipinski definition) is 1. The fourth-order valence-electron chi connectivity index (χ4n) is 2.61. The molecule has 2 unspecified atom stereocenters. The normalized spacial score (nSPS) is 23.2. The standard InChI is InChI=1S/C15H28ClNO/c1-2-3-4-5-6-7-8-15(18)17-12-13-9-10-14(16)11-13/h13-14H,2-12H2,1H3,(H,17,18). The molecule has 0 saturated heterocycles. The van der Waals surface area contributed by atoms with E-state index >= 15 is 0 Å². The molecule has 0 aromatic carbocycles. The maximum atomic E-state index is 11.6. The van der Waals surface area contributed by atoms with Crippen LogP contribution in [0.4, 0.5) is 0 Å². The highest BCUT2D eigenvalue weighted by Crippen LogP contribution is 2.28. The molecule has 0 aliphatic heterocycles. The Hall–Kier alpha value is -0.240. The Morgan fingerprint density at radius 3 is 2.56 bits per heavy atom. The lowest BCUT2D eigenvalue weighted by molar-refractivity contribution is -0.121. The van der Waals surface area contributed by atoms with E-state index in [2.05, 4.69) is 12.2 Å². The van der Waals surface area contributed by atoms with Gasteiger partial charge in [0, 0.05) is 18.3 Å². The molecular weight excluding hydrogens is 246 g/mol. The van der Waals surface area contributed by atoms with Crippen LogP contribution < -0.4 is 5.32 Å². The molecule has 0 heterocycles. The Balaban J connectivity index is 1.91. The first-order valence-corrected chi connectivity index (χ1v) is 8.06. The number of unbranched alkanes of at least 4 members (excludes halogenated alkanes) is 5. The van der Waals surface area contributed by atoms with Crippen LogP contribution in [0, 0.1) is 5.92 Å². The first-order chi connectivity index (χ1) is 8.72. The molecule has 0 bridgehead atoms. The monoisotopic (exact) mass is 273 g/mol. The summed E-state index contributed by atoms with van der Waals surface area (Å²) in [4.78, 5) is 11.6. The van der Waals surface area contributed by atoms with E-state index in [1.165, 1.54) is 38.5 Å². The summed E-state index contributed by atoms with van der Waals surface area (Å²) in [6.07, 6.45) is 11.5. The third-order valence-electron chi connectivity index (χ3n) is 3.82. The molecular formula is C15H28ClNO. The van der Waals surface area contributed by atoms with Gasteiger partial charge in [-0.25, -0.2) is 0 Å². The molecule has 106 valence electrons. The van der Waals surface area contributed by atoms with Crippen LogP contribution in [0.1, 0.15) is 71.1 Å². The highest BCUT2D eigenvalue weighted by molar-refractivity contribution is 6.20. The van der Waals surface area contributed by atoms with E-state index in [0.29, 0.717) is 17.7 Å². The van der Waals surface area contributed by atoms with E-state index in [9.17, 15) is 4.79 Å². The largest absolute Gasteiger partial charge is 0.356 e. The van der Waals surface area contributed by atoms with Crippen molar-refractivity contribution in [1.29, 1.82) is 0 Å². The Bertz CT molecular complexity index is 233. The SMILES string of the molecule is CCCCCCCCC(=O)NCC1CCC(Cl)C1. The van der Waals surface area contributed by atoms with Gasteiger partial charge in [-0.15, -0.1) is 11.6 Å². The summed E-state index contributed by atoms with van der Waals surface area (Å²) >= 11 is 6.05. The third-order valence-corrected chi connectivity index (χ3v) is 4.22. The second-order valence-electron chi connectivity index (χ2n) is 5.60. The molecule has 0 radical (unpaired) electrons. The molecule has 0 aromatic heterocycles. The van der Waals surface area contributed by atoms with Crippen LogP contribution in [0.2, 0.25) is 0 Å². The van der Waals surface area contributed by atoms with Gasteiger partial charge in [0.1, 0.15) is 0 Å². The van der Waals surface area contributed by atoms with Crippen LogP contribution >= 0.6 is 11.6 Å². The summed E-state index contributed by atoms with van der Waals surface area (Å²) in [6, 6.07) is 0. The zero-order chi connectivity index (χ0) is 13.2. The maximum absolute atomic E-state index is 11.6. The Labute approximate surface area is 117 Å². The van der Waals surface area contributed by atoms with Crippen molar-refractivity contribution >= 4 is 17.5 Å². The quantitative estimate of drug-likeness (QED) is 0.494. The number of halogens is 1. The van der Waals surface area contributed by atoms with Gasteiger partial charge >= 0.3 is 0 Å². The molecule has 0 aromatic rings. The average Bonchev–Trinajstić information content (AvgIpc) is 2.77. The number of hydrogen-bond donors (Lipinski definition) is 1. The first-order valence-electron chi connectivity index (χ1n) is 7.63. The zero-order valence-corrected chi connectivity index (χ0v) is 12.5. The number of carbonyl (C=O) groups excluding carboxylic acids is 1. The molecule has 1 amide bonds. The average molecular weight is 274 g/mol. The van der Waals surface area contributed by atoms with Crippen LogP contribution in [0.3, 0.4) is 0 Å². The van der Waals surface area contributed by atoms with E-state index in [-0.39, 0.29) is 5.91 Å².